The molecule has 0 radical (unpaired) electrons. The van der Waals surface area contributed by atoms with E-state index in [0.717, 1.165) is 11.8 Å². The maximum Gasteiger partial charge on any atom is 0.124 e. The molecule has 0 spiro atoms. The third-order valence-electron chi connectivity index (χ3n) is 3.16. The highest BCUT2D eigenvalue weighted by molar-refractivity contribution is 5.54. The number of carbonyl (C=O) groups is 1. The van der Waals surface area contributed by atoms with Crippen molar-refractivity contribution in [3.8, 4) is 0 Å². The number of hydrogen-bond donors (Lipinski definition) is 0. The van der Waals surface area contributed by atoms with Gasteiger partial charge in [-0.3, -0.25) is 0 Å². The lowest BCUT2D eigenvalue weighted by molar-refractivity contribution is -0.107. The van der Waals surface area contributed by atoms with Crippen LogP contribution in [0.4, 0.5) is 0 Å². The molecular weight excluding hydrogens is 208 g/mol. The maximum atomic E-state index is 10.4. The van der Waals surface area contributed by atoms with E-state index >= 15 is 0 Å². The Balaban J connectivity index is 2.16. The molecule has 0 saturated heterocycles. The number of hydrogen-bond acceptors (Lipinski definition) is 1. The van der Waals surface area contributed by atoms with Crippen LogP contribution in [0.5, 0.6) is 0 Å². The van der Waals surface area contributed by atoms with Crippen LogP contribution >= 0.6 is 0 Å². The number of carbonyl (C=O) groups excluding carboxylic acids is 1. The number of aryl methyl sites for hydroxylation is 1. The molecule has 1 aromatic rings. The van der Waals surface area contributed by atoms with Crippen LogP contribution in [0.1, 0.15) is 56.6 Å². The van der Waals surface area contributed by atoms with Crippen LogP contribution in [-0.4, -0.2) is 6.29 Å². The highest BCUT2D eigenvalue weighted by atomic mass is 16.1. The average molecular weight is 232 g/mol. The van der Waals surface area contributed by atoms with E-state index in [0.29, 0.717) is 6.42 Å². The van der Waals surface area contributed by atoms with Gasteiger partial charge in [0.2, 0.25) is 0 Å². The molecule has 0 aliphatic carbocycles. The molecule has 1 heteroatoms. The summed E-state index contributed by atoms with van der Waals surface area (Å²) in [6.45, 7) is 2.25. The molecule has 0 bridgehead atoms. The number of unbranched alkanes of at least 4 members (excludes halogenated alkanes) is 5. The molecule has 1 aromatic carbocycles. The van der Waals surface area contributed by atoms with Crippen LogP contribution in [0.15, 0.2) is 24.3 Å². The van der Waals surface area contributed by atoms with Gasteiger partial charge in [0.1, 0.15) is 6.29 Å². The van der Waals surface area contributed by atoms with Crippen molar-refractivity contribution in [2.24, 2.45) is 0 Å². The summed E-state index contributed by atoms with van der Waals surface area (Å²) in [4.78, 5) is 10.4. The highest BCUT2D eigenvalue weighted by Crippen LogP contribution is 2.11. The van der Waals surface area contributed by atoms with Gasteiger partial charge in [-0.25, -0.2) is 0 Å². The summed E-state index contributed by atoms with van der Waals surface area (Å²) in [6.07, 6.45) is 10.8. The van der Waals surface area contributed by atoms with Crippen LogP contribution in [0, 0.1) is 0 Å². The molecule has 1 rings (SSSR count). The van der Waals surface area contributed by atoms with Gasteiger partial charge in [0, 0.05) is 6.42 Å². The fraction of sp³-hybridized carbons (Fsp3) is 0.562. The van der Waals surface area contributed by atoms with E-state index in [1.165, 1.54) is 50.5 Å². The molecular formula is C16H24O. The summed E-state index contributed by atoms with van der Waals surface area (Å²) < 4.78 is 0. The summed E-state index contributed by atoms with van der Waals surface area (Å²) in [5, 5.41) is 0. The molecule has 17 heavy (non-hydrogen) atoms. The molecule has 0 fully saturated rings. The van der Waals surface area contributed by atoms with Crippen molar-refractivity contribution in [1.29, 1.82) is 0 Å². The van der Waals surface area contributed by atoms with Crippen molar-refractivity contribution in [3.63, 3.8) is 0 Å². The van der Waals surface area contributed by atoms with Gasteiger partial charge in [-0.1, -0.05) is 63.3 Å². The van der Waals surface area contributed by atoms with Crippen molar-refractivity contribution in [3.05, 3.63) is 35.4 Å². The Bertz CT molecular complexity index is 300. The van der Waals surface area contributed by atoms with Crippen LogP contribution < -0.4 is 0 Å². The van der Waals surface area contributed by atoms with E-state index in [4.69, 9.17) is 0 Å². The Kier molecular flexibility index (Phi) is 7.37. The fourth-order valence-corrected chi connectivity index (χ4v) is 2.05. The summed E-state index contributed by atoms with van der Waals surface area (Å²) in [5.41, 5.74) is 2.52. The SMILES string of the molecule is CCCCCCCCc1ccc(CC=O)cc1. The summed E-state index contributed by atoms with van der Waals surface area (Å²) >= 11 is 0. The molecule has 0 aliphatic heterocycles. The number of aldehydes is 1. The van der Waals surface area contributed by atoms with Crippen molar-refractivity contribution >= 4 is 6.29 Å². The topological polar surface area (TPSA) is 17.1 Å². The highest BCUT2D eigenvalue weighted by Gasteiger charge is 1.95. The van der Waals surface area contributed by atoms with Gasteiger partial charge < -0.3 is 4.79 Å². The standard InChI is InChI=1S/C16H24O/c1-2-3-4-5-6-7-8-15-9-11-16(12-10-15)13-14-17/h9-12,14H,2-8,13H2,1H3. The first-order valence-electron chi connectivity index (χ1n) is 6.88. The monoisotopic (exact) mass is 232 g/mol. The quantitative estimate of drug-likeness (QED) is 0.457. The second-order valence-corrected chi connectivity index (χ2v) is 4.71. The minimum atomic E-state index is 0.539. The molecule has 0 N–H and O–H groups in total. The van der Waals surface area contributed by atoms with Crippen molar-refractivity contribution in [2.45, 2.75) is 58.3 Å². The first-order valence-corrected chi connectivity index (χ1v) is 6.88. The normalized spacial score (nSPS) is 10.4. The number of benzene rings is 1. The van der Waals surface area contributed by atoms with Crippen LogP contribution in [-0.2, 0) is 17.6 Å². The lowest BCUT2D eigenvalue weighted by Gasteiger charge is -2.03. The first-order chi connectivity index (χ1) is 8.36. The zero-order chi connectivity index (χ0) is 12.3. The summed E-state index contributed by atoms with van der Waals surface area (Å²) in [6, 6.07) is 8.46. The minimum absolute atomic E-state index is 0.539. The van der Waals surface area contributed by atoms with Crippen LogP contribution in [0.3, 0.4) is 0 Å². The fourth-order valence-electron chi connectivity index (χ4n) is 2.05. The maximum absolute atomic E-state index is 10.4. The smallest absolute Gasteiger partial charge is 0.124 e. The molecule has 0 aromatic heterocycles. The van der Waals surface area contributed by atoms with E-state index in [1.807, 2.05) is 0 Å². The Hall–Kier alpha value is -1.11. The van der Waals surface area contributed by atoms with Crippen molar-refractivity contribution in [1.82, 2.24) is 0 Å². The van der Waals surface area contributed by atoms with Crippen LogP contribution in [0.2, 0.25) is 0 Å². The Morgan fingerprint density at radius 1 is 0.882 bits per heavy atom. The van der Waals surface area contributed by atoms with Gasteiger partial charge in [-0.2, -0.15) is 0 Å². The molecule has 0 atom stereocenters. The van der Waals surface area contributed by atoms with E-state index in [9.17, 15) is 4.79 Å². The molecule has 94 valence electrons. The third-order valence-corrected chi connectivity index (χ3v) is 3.16. The second-order valence-electron chi connectivity index (χ2n) is 4.71. The second kappa shape index (κ2) is 8.98. The molecule has 0 unspecified atom stereocenters. The zero-order valence-corrected chi connectivity index (χ0v) is 11.0. The molecule has 1 nitrogen and oxygen atoms in total. The van der Waals surface area contributed by atoms with Gasteiger partial charge in [-0.05, 0) is 24.0 Å². The summed E-state index contributed by atoms with van der Waals surface area (Å²) in [7, 11) is 0. The molecule has 0 heterocycles. The molecule has 0 aliphatic rings. The zero-order valence-electron chi connectivity index (χ0n) is 11.0. The summed E-state index contributed by atoms with van der Waals surface area (Å²) in [5.74, 6) is 0. The van der Waals surface area contributed by atoms with Crippen LogP contribution in [0.25, 0.3) is 0 Å². The first kappa shape index (κ1) is 14.0. The van der Waals surface area contributed by atoms with Gasteiger partial charge in [0.15, 0.2) is 0 Å². The number of rotatable bonds is 9. The Morgan fingerprint density at radius 2 is 1.47 bits per heavy atom. The van der Waals surface area contributed by atoms with E-state index in [2.05, 4.69) is 31.2 Å². The molecule has 0 amide bonds. The van der Waals surface area contributed by atoms with Crippen molar-refractivity contribution in [2.75, 3.05) is 0 Å². The van der Waals surface area contributed by atoms with E-state index in [1.54, 1.807) is 0 Å². The lowest BCUT2D eigenvalue weighted by Crippen LogP contribution is -1.89. The Labute approximate surface area is 105 Å². The van der Waals surface area contributed by atoms with Crippen molar-refractivity contribution < 1.29 is 4.79 Å². The van der Waals surface area contributed by atoms with Gasteiger partial charge in [-0.15, -0.1) is 0 Å². The largest absolute Gasteiger partial charge is 0.303 e. The predicted molar refractivity (Wildman–Crippen MR) is 73.3 cm³/mol. The van der Waals surface area contributed by atoms with Gasteiger partial charge in [0.25, 0.3) is 0 Å². The van der Waals surface area contributed by atoms with E-state index in [-0.39, 0.29) is 0 Å². The third kappa shape index (κ3) is 6.25. The van der Waals surface area contributed by atoms with E-state index < -0.39 is 0 Å². The predicted octanol–water partition coefficient (Wildman–Crippen LogP) is 4.33. The minimum Gasteiger partial charge on any atom is -0.303 e. The van der Waals surface area contributed by atoms with Gasteiger partial charge in [0.05, 0.1) is 0 Å². The Morgan fingerprint density at radius 3 is 2.12 bits per heavy atom. The average Bonchev–Trinajstić information content (AvgIpc) is 2.36. The van der Waals surface area contributed by atoms with Gasteiger partial charge >= 0.3 is 0 Å². The molecule has 0 saturated carbocycles. The lowest BCUT2D eigenvalue weighted by atomic mass is 10.0.